The number of ether oxygens (including phenoxy) is 2. The van der Waals surface area contributed by atoms with Crippen molar-refractivity contribution in [3.8, 4) is 0 Å². The number of aryl methyl sites for hydroxylation is 1. The lowest BCUT2D eigenvalue weighted by atomic mass is 10.1. The van der Waals surface area contributed by atoms with Gasteiger partial charge in [-0.3, -0.25) is 9.48 Å². The molecule has 0 radical (unpaired) electrons. The molecule has 0 fully saturated rings. The maximum Gasteiger partial charge on any atom is 0.348 e. The summed E-state index contributed by atoms with van der Waals surface area (Å²) >= 11 is 4.49. The number of nitrogens with one attached hydrogen (secondary N) is 1. The number of hydrogen-bond acceptors (Lipinski definition) is 7. The highest BCUT2D eigenvalue weighted by molar-refractivity contribution is 9.10. The number of halogens is 1. The third-order valence-electron chi connectivity index (χ3n) is 4.58. The van der Waals surface area contributed by atoms with Crippen molar-refractivity contribution in [1.29, 1.82) is 0 Å². The second kappa shape index (κ2) is 10.2. The molecule has 164 valence electrons. The van der Waals surface area contributed by atoms with Crippen LogP contribution in [0.3, 0.4) is 0 Å². The smallest absolute Gasteiger partial charge is 0.348 e. The van der Waals surface area contributed by atoms with Gasteiger partial charge in [0.15, 0.2) is 0 Å². The molecule has 1 amide bonds. The highest BCUT2D eigenvalue weighted by atomic mass is 79.9. The fourth-order valence-corrected chi connectivity index (χ4v) is 4.23. The van der Waals surface area contributed by atoms with E-state index < -0.39 is 17.9 Å². The van der Waals surface area contributed by atoms with Gasteiger partial charge in [-0.05, 0) is 48.7 Å². The normalized spacial score (nSPS) is 11.8. The number of hydrogen-bond donors (Lipinski definition) is 1. The molecule has 0 bridgehead atoms. The Morgan fingerprint density at radius 2 is 1.90 bits per heavy atom. The van der Waals surface area contributed by atoms with Crippen LogP contribution >= 0.6 is 27.3 Å². The number of nitrogens with zero attached hydrogens (tertiary/aromatic N) is 2. The van der Waals surface area contributed by atoms with Crippen molar-refractivity contribution in [1.82, 2.24) is 9.78 Å². The molecule has 0 aromatic carbocycles. The molecule has 2 aromatic rings. The van der Waals surface area contributed by atoms with E-state index in [1.54, 1.807) is 18.5 Å². The number of anilines is 1. The minimum Gasteiger partial charge on any atom is -0.465 e. The van der Waals surface area contributed by atoms with Crippen molar-refractivity contribution in [2.75, 3.05) is 19.0 Å². The van der Waals surface area contributed by atoms with Gasteiger partial charge in [0.25, 0.3) is 0 Å². The van der Waals surface area contributed by atoms with Crippen LogP contribution in [0.2, 0.25) is 0 Å². The van der Waals surface area contributed by atoms with E-state index in [0.29, 0.717) is 18.5 Å². The molecule has 2 rings (SSSR count). The van der Waals surface area contributed by atoms with E-state index in [2.05, 4.69) is 26.3 Å². The summed E-state index contributed by atoms with van der Waals surface area (Å²) in [7, 11) is 1.27. The Morgan fingerprint density at radius 1 is 1.23 bits per heavy atom. The average Bonchev–Trinajstić information content (AvgIpc) is 3.16. The summed E-state index contributed by atoms with van der Waals surface area (Å²) in [4.78, 5) is 37.7. The van der Waals surface area contributed by atoms with Crippen molar-refractivity contribution < 1.29 is 23.9 Å². The molecule has 2 aromatic heterocycles. The lowest BCUT2D eigenvalue weighted by Crippen LogP contribution is -2.25. The Kier molecular flexibility index (Phi) is 8.19. The average molecular weight is 500 g/mol. The fourth-order valence-electron chi connectivity index (χ4n) is 2.83. The molecule has 1 unspecified atom stereocenters. The van der Waals surface area contributed by atoms with Crippen molar-refractivity contribution in [2.24, 2.45) is 5.92 Å². The van der Waals surface area contributed by atoms with E-state index in [1.165, 1.54) is 7.11 Å². The Labute approximate surface area is 188 Å². The van der Waals surface area contributed by atoms with E-state index in [9.17, 15) is 14.4 Å². The Hall–Kier alpha value is -2.20. The van der Waals surface area contributed by atoms with Crippen LogP contribution in [-0.4, -0.2) is 41.3 Å². The summed E-state index contributed by atoms with van der Waals surface area (Å²) in [6, 6.07) is 0. The van der Waals surface area contributed by atoms with Crippen LogP contribution in [0, 0.1) is 26.7 Å². The summed E-state index contributed by atoms with van der Waals surface area (Å²) in [6.45, 7) is 9.72. The number of rotatable bonds is 8. The molecule has 1 atom stereocenters. The molecule has 1 N–H and O–H groups in total. The topological polar surface area (TPSA) is 99.5 Å². The first-order valence-corrected chi connectivity index (χ1v) is 11.1. The molecule has 30 heavy (non-hydrogen) atoms. The third-order valence-corrected chi connectivity index (χ3v) is 6.92. The van der Waals surface area contributed by atoms with Gasteiger partial charge >= 0.3 is 11.9 Å². The molecule has 2 heterocycles. The van der Waals surface area contributed by atoms with Crippen molar-refractivity contribution in [3.05, 3.63) is 31.9 Å². The number of carbonyl (C=O) groups excluding carboxylic acids is 3. The van der Waals surface area contributed by atoms with Gasteiger partial charge in [0.2, 0.25) is 5.91 Å². The minimum absolute atomic E-state index is 0.184. The van der Waals surface area contributed by atoms with Gasteiger partial charge in [-0.1, -0.05) is 13.8 Å². The summed E-state index contributed by atoms with van der Waals surface area (Å²) in [5, 5.41) is 7.49. The van der Waals surface area contributed by atoms with Gasteiger partial charge in [0.05, 0.1) is 41.9 Å². The minimum atomic E-state index is -0.578. The SMILES string of the molecule is CCCOC(=O)c1c(NC(=O)C(C)Cn2nc(C)c(Br)c2C)sc(C(=O)OC)c1C. The van der Waals surface area contributed by atoms with Crippen LogP contribution in [0.25, 0.3) is 0 Å². The van der Waals surface area contributed by atoms with Crippen LogP contribution in [0.1, 0.15) is 57.2 Å². The second-order valence-electron chi connectivity index (χ2n) is 6.95. The Morgan fingerprint density at radius 3 is 2.43 bits per heavy atom. The summed E-state index contributed by atoms with van der Waals surface area (Å²) in [5.41, 5.74) is 2.38. The lowest BCUT2D eigenvalue weighted by molar-refractivity contribution is -0.119. The zero-order chi connectivity index (χ0) is 22.6. The molecule has 0 aliphatic carbocycles. The number of thiophene rings is 1. The van der Waals surface area contributed by atoms with Crippen LogP contribution < -0.4 is 5.32 Å². The molecular formula is C20H26BrN3O5S. The highest BCUT2D eigenvalue weighted by Crippen LogP contribution is 2.34. The van der Waals surface area contributed by atoms with Crippen LogP contribution in [0.15, 0.2) is 4.47 Å². The van der Waals surface area contributed by atoms with Gasteiger partial charge in [-0.25, -0.2) is 9.59 Å². The van der Waals surface area contributed by atoms with Crippen LogP contribution in [0.4, 0.5) is 5.00 Å². The van der Waals surface area contributed by atoms with E-state index in [1.807, 2.05) is 20.8 Å². The first kappa shape index (κ1) is 24.1. The van der Waals surface area contributed by atoms with E-state index >= 15 is 0 Å². The maximum absolute atomic E-state index is 12.8. The quantitative estimate of drug-likeness (QED) is 0.544. The van der Waals surface area contributed by atoms with Crippen molar-refractivity contribution >= 4 is 50.1 Å². The molecule has 0 spiro atoms. The third kappa shape index (κ3) is 5.10. The zero-order valence-corrected chi connectivity index (χ0v) is 20.3. The highest BCUT2D eigenvalue weighted by Gasteiger charge is 2.28. The summed E-state index contributed by atoms with van der Waals surface area (Å²) in [5.74, 6) is -1.87. The van der Waals surface area contributed by atoms with Crippen molar-refractivity contribution in [2.45, 2.75) is 47.6 Å². The van der Waals surface area contributed by atoms with Gasteiger partial charge in [0.1, 0.15) is 9.88 Å². The maximum atomic E-state index is 12.8. The lowest BCUT2D eigenvalue weighted by Gasteiger charge is -2.14. The first-order chi connectivity index (χ1) is 14.1. The van der Waals surface area contributed by atoms with Gasteiger partial charge < -0.3 is 14.8 Å². The summed E-state index contributed by atoms with van der Waals surface area (Å²) < 4.78 is 12.7. The van der Waals surface area contributed by atoms with E-state index in [0.717, 1.165) is 27.2 Å². The Balaban J connectivity index is 2.28. The van der Waals surface area contributed by atoms with Gasteiger partial charge in [-0.2, -0.15) is 5.10 Å². The molecule has 10 heteroatoms. The Bertz CT molecular complexity index is 966. The molecule has 8 nitrogen and oxygen atoms in total. The molecule has 0 saturated heterocycles. The number of carbonyl (C=O) groups is 3. The molecule has 0 aliphatic rings. The molecule has 0 aliphatic heterocycles. The van der Waals surface area contributed by atoms with Gasteiger partial charge in [0, 0.05) is 5.69 Å². The monoisotopic (exact) mass is 499 g/mol. The standard InChI is InChI=1S/C20H26BrN3O5S/c1-7-8-29-19(26)14-11(3)16(20(27)28-6)30-18(14)22-17(25)10(2)9-24-13(5)15(21)12(4)23-24/h10H,7-9H2,1-6H3,(H,22,25). The van der Waals surface area contributed by atoms with Crippen LogP contribution in [-0.2, 0) is 20.8 Å². The largest absolute Gasteiger partial charge is 0.465 e. The van der Waals surface area contributed by atoms with Crippen molar-refractivity contribution in [3.63, 3.8) is 0 Å². The summed E-state index contributed by atoms with van der Waals surface area (Å²) in [6.07, 6.45) is 0.662. The number of aromatic nitrogens is 2. The number of esters is 2. The predicted octanol–water partition coefficient (Wildman–Crippen LogP) is 4.26. The molecular weight excluding hydrogens is 474 g/mol. The number of methoxy groups -OCH3 is 1. The number of amides is 1. The molecule has 0 saturated carbocycles. The second-order valence-corrected chi connectivity index (χ2v) is 8.76. The van der Waals surface area contributed by atoms with E-state index in [4.69, 9.17) is 9.47 Å². The van der Waals surface area contributed by atoms with E-state index in [-0.39, 0.29) is 28.0 Å². The fraction of sp³-hybridized carbons (Fsp3) is 0.500. The predicted molar refractivity (Wildman–Crippen MR) is 118 cm³/mol. The first-order valence-electron chi connectivity index (χ1n) is 9.51. The zero-order valence-electron chi connectivity index (χ0n) is 17.9. The van der Waals surface area contributed by atoms with Gasteiger partial charge in [-0.15, -0.1) is 11.3 Å². The van der Waals surface area contributed by atoms with Crippen LogP contribution in [0.5, 0.6) is 0 Å².